The molecule has 0 saturated heterocycles. The Bertz CT molecular complexity index is 1020. The molecule has 0 spiro atoms. The fourth-order valence-electron chi connectivity index (χ4n) is 2.98. The SMILES string of the molecule is Cc1cccc(-n2c(C)cc(C=Nc3ccc(Cl)c(C(=O)O)c3)c2C)c1. The highest BCUT2D eigenvalue weighted by atomic mass is 35.5. The van der Waals surface area contributed by atoms with E-state index in [0.717, 1.165) is 22.6 Å². The number of carboxylic acid groups (broad SMARTS) is 1. The summed E-state index contributed by atoms with van der Waals surface area (Å²) in [6.07, 6.45) is 1.75. The first-order valence-corrected chi connectivity index (χ1v) is 8.57. The number of carbonyl (C=O) groups is 1. The van der Waals surface area contributed by atoms with Crippen molar-refractivity contribution < 1.29 is 9.90 Å². The van der Waals surface area contributed by atoms with Crippen molar-refractivity contribution in [1.29, 1.82) is 0 Å². The highest BCUT2D eigenvalue weighted by molar-refractivity contribution is 6.33. The van der Waals surface area contributed by atoms with Crippen molar-refractivity contribution in [3.63, 3.8) is 0 Å². The van der Waals surface area contributed by atoms with Crippen molar-refractivity contribution in [2.75, 3.05) is 0 Å². The third-order valence-corrected chi connectivity index (χ3v) is 4.59. The van der Waals surface area contributed by atoms with Gasteiger partial charge < -0.3 is 9.67 Å². The largest absolute Gasteiger partial charge is 0.478 e. The van der Waals surface area contributed by atoms with Gasteiger partial charge in [0, 0.05) is 28.9 Å². The molecule has 5 heteroatoms. The number of nitrogens with zero attached hydrogens (tertiary/aromatic N) is 2. The minimum absolute atomic E-state index is 0.0477. The average Bonchev–Trinajstić information content (AvgIpc) is 2.87. The summed E-state index contributed by atoms with van der Waals surface area (Å²) in [5, 5.41) is 9.37. The maximum absolute atomic E-state index is 11.2. The maximum atomic E-state index is 11.2. The monoisotopic (exact) mass is 366 g/mol. The minimum Gasteiger partial charge on any atom is -0.478 e. The molecule has 3 rings (SSSR count). The lowest BCUT2D eigenvalue weighted by Gasteiger charge is -2.10. The molecule has 1 aromatic heterocycles. The topological polar surface area (TPSA) is 54.6 Å². The molecule has 0 atom stereocenters. The number of rotatable bonds is 4. The van der Waals surface area contributed by atoms with E-state index in [4.69, 9.17) is 16.7 Å². The number of benzene rings is 2. The number of aromatic nitrogens is 1. The Kier molecular flexibility index (Phi) is 4.96. The van der Waals surface area contributed by atoms with Crippen LogP contribution in [-0.4, -0.2) is 21.9 Å². The Morgan fingerprint density at radius 2 is 1.88 bits per heavy atom. The van der Waals surface area contributed by atoms with Gasteiger partial charge in [-0.25, -0.2) is 4.79 Å². The summed E-state index contributed by atoms with van der Waals surface area (Å²) >= 11 is 5.90. The van der Waals surface area contributed by atoms with Crippen molar-refractivity contribution >= 4 is 29.5 Å². The maximum Gasteiger partial charge on any atom is 0.337 e. The first kappa shape index (κ1) is 18.0. The number of aromatic carboxylic acids is 1. The molecule has 1 N–H and O–H groups in total. The number of aliphatic imine (C=N–C) groups is 1. The molecule has 0 aliphatic heterocycles. The normalized spacial score (nSPS) is 11.2. The second-order valence-electron chi connectivity index (χ2n) is 6.23. The summed E-state index contributed by atoms with van der Waals surface area (Å²) in [4.78, 5) is 15.6. The summed E-state index contributed by atoms with van der Waals surface area (Å²) in [6.45, 7) is 6.17. The Morgan fingerprint density at radius 1 is 1.12 bits per heavy atom. The molecule has 0 radical (unpaired) electrons. The summed E-state index contributed by atoms with van der Waals surface area (Å²) in [6, 6.07) is 15.1. The summed E-state index contributed by atoms with van der Waals surface area (Å²) < 4.78 is 2.18. The van der Waals surface area contributed by atoms with Crippen LogP contribution < -0.4 is 0 Å². The number of carboxylic acids is 1. The van der Waals surface area contributed by atoms with E-state index in [1.807, 2.05) is 13.0 Å². The Balaban J connectivity index is 1.97. The van der Waals surface area contributed by atoms with Gasteiger partial charge in [0.25, 0.3) is 0 Å². The third kappa shape index (κ3) is 3.55. The molecule has 1 heterocycles. The van der Waals surface area contributed by atoms with Gasteiger partial charge in [-0.2, -0.15) is 0 Å². The summed E-state index contributed by atoms with van der Waals surface area (Å²) in [7, 11) is 0. The fourth-order valence-corrected chi connectivity index (χ4v) is 3.18. The van der Waals surface area contributed by atoms with Crippen LogP contribution in [0.25, 0.3) is 5.69 Å². The van der Waals surface area contributed by atoms with Gasteiger partial charge in [-0.05, 0) is 62.7 Å². The quantitative estimate of drug-likeness (QED) is 0.619. The van der Waals surface area contributed by atoms with Crippen molar-refractivity contribution in [2.45, 2.75) is 20.8 Å². The van der Waals surface area contributed by atoms with E-state index in [0.29, 0.717) is 5.69 Å². The standard InChI is InChI=1S/C21H19ClN2O2/c1-13-5-4-6-18(9-13)24-14(2)10-16(15(24)3)12-23-17-7-8-20(22)19(11-17)21(25)26/h4-12H,1-3H3,(H,25,26). The lowest BCUT2D eigenvalue weighted by atomic mass is 10.2. The van der Waals surface area contributed by atoms with Gasteiger partial charge in [0.05, 0.1) is 16.3 Å². The van der Waals surface area contributed by atoms with Crippen molar-refractivity contribution in [3.05, 3.63) is 81.6 Å². The molecule has 4 nitrogen and oxygen atoms in total. The molecule has 132 valence electrons. The Hall–Kier alpha value is -2.85. The summed E-state index contributed by atoms with van der Waals surface area (Å²) in [5.41, 5.74) is 6.07. The van der Waals surface area contributed by atoms with Gasteiger partial charge in [0.2, 0.25) is 0 Å². The zero-order valence-corrected chi connectivity index (χ0v) is 15.6. The molecule has 0 unspecified atom stereocenters. The molecular weight excluding hydrogens is 348 g/mol. The van der Waals surface area contributed by atoms with Gasteiger partial charge in [-0.15, -0.1) is 0 Å². The van der Waals surface area contributed by atoms with E-state index in [9.17, 15) is 4.79 Å². The van der Waals surface area contributed by atoms with Crippen molar-refractivity contribution in [1.82, 2.24) is 4.57 Å². The highest BCUT2D eigenvalue weighted by Gasteiger charge is 2.11. The van der Waals surface area contributed by atoms with E-state index in [1.165, 1.54) is 11.6 Å². The molecule has 26 heavy (non-hydrogen) atoms. The number of halogens is 1. The van der Waals surface area contributed by atoms with Gasteiger partial charge in [-0.1, -0.05) is 23.7 Å². The number of hydrogen-bond donors (Lipinski definition) is 1. The van der Waals surface area contributed by atoms with Crippen LogP contribution in [0, 0.1) is 20.8 Å². The Labute approximate surface area is 157 Å². The molecule has 2 aromatic carbocycles. The molecule has 0 aliphatic carbocycles. The first-order chi connectivity index (χ1) is 12.4. The zero-order chi connectivity index (χ0) is 18.8. The van der Waals surface area contributed by atoms with E-state index in [1.54, 1.807) is 18.3 Å². The van der Waals surface area contributed by atoms with Crippen LogP contribution in [0.3, 0.4) is 0 Å². The zero-order valence-electron chi connectivity index (χ0n) is 14.8. The predicted octanol–water partition coefficient (Wildman–Crippen LogP) is 5.50. The van der Waals surface area contributed by atoms with E-state index in [-0.39, 0.29) is 10.6 Å². The molecule has 0 saturated carbocycles. The molecule has 0 amide bonds. The fraction of sp³-hybridized carbons (Fsp3) is 0.143. The molecule has 0 aliphatic rings. The van der Waals surface area contributed by atoms with Crippen LogP contribution in [0.15, 0.2) is 53.5 Å². The van der Waals surface area contributed by atoms with Gasteiger partial charge in [0.1, 0.15) is 0 Å². The minimum atomic E-state index is -1.07. The Morgan fingerprint density at radius 3 is 2.58 bits per heavy atom. The van der Waals surface area contributed by atoms with Crippen LogP contribution >= 0.6 is 11.6 Å². The lowest BCUT2D eigenvalue weighted by Crippen LogP contribution is -1.99. The van der Waals surface area contributed by atoms with Gasteiger partial charge >= 0.3 is 5.97 Å². The van der Waals surface area contributed by atoms with Crippen LogP contribution in [0.4, 0.5) is 5.69 Å². The second-order valence-corrected chi connectivity index (χ2v) is 6.64. The number of hydrogen-bond acceptors (Lipinski definition) is 2. The number of aryl methyl sites for hydroxylation is 2. The molecule has 0 fully saturated rings. The van der Waals surface area contributed by atoms with Gasteiger partial charge in [0.15, 0.2) is 0 Å². The molecular formula is C21H19ClN2O2. The van der Waals surface area contributed by atoms with E-state index in [2.05, 4.69) is 47.7 Å². The second kappa shape index (κ2) is 7.18. The smallest absolute Gasteiger partial charge is 0.337 e. The van der Waals surface area contributed by atoms with Gasteiger partial charge in [-0.3, -0.25) is 4.99 Å². The lowest BCUT2D eigenvalue weighted by molar-refractivity contribution is 0.0697. The molecule has 3 aromatic rings. The van der Waals surface area contributed by atoms with Crippen molar-refractivity contribution in [2.24, 2.45) is 4.99 Å². The molecule has 0 bridgehead atoms. The third-order valence-electron chi connectivity index (χ3n) is 4.26. The van der Waals surface area contributed by atoms with Crippen molar-refractivity contribution in [3.8, 4) is 5.69 Å². The van der Waals surface area contributed by atoms with Crippen LogP contribution in [-0.2, 0) is 0 Å². The highest BCUT2D eigenvalue weighted by Crippen LogP contribution is 2.24. The predicted molar refractivity (Wildman–Crippen MR) is 106 cm³/mol. The van der Waals surface area contributed by atoms with Crippen LogP contribution in [0.5, 0.6) is 0 Å². The van der Waals surface area contributed by atoms with Crippen LogP contribution in [0.2, 0.25) is 5.02 Å². The average molecular weight is 367 g/mol. The van der Waals surface area contributed by atoms with E-state index >= 15 is 0 Å². The van der Waals surface area contributed by atoms with Crippen LogP contribution in [0.1, 0.15) is 32.9 Å². The van der Waals surface area contributed by atoms with E-state index < -0.39 is 5.97 Å². The first-order valence-electron chi connectivity index (χ1n) is 8.19. The summed E-state index contributed by atoms with van der Waals surface area (Å²) in [5.74, 6) is -1.07.